The van der Waals surface area contributed by atoms with Crippen LogP contribution in [0.3, 0.4) is 0 Å². The summed E-state index contributed by atoms with van der Waals surface area (Å²) >= 11 is 6.80. The molecule has 3 nitrogen and oxygen atoms in total. The fourth-order valence-corrected chi connectivity index (χ4v) is 1.71. The highest BCUT2D eigenvalue weighted by atomic mass is 35.5. The van der Waals surface area contributed by atoms with Crippen molar-refractivity contribution in [2.45, 2.75) is 17.2 Å². The van der Waals surface area contributed by atoms with Crippen molar-refractivity contribution in [2.75, 3.05) is 0 Å². The summed E-state index contributed by atoms with van der Waals surface area (Å²) in [7, 11) is 0. The van der Waals surface area contributed by atoms with E-state index in [0.717, 1.165) is 16.7 Å². The van der Waals surface area contributed by atoms with Gasteiger partial charge in [0.25, 0.3) is 0 Å². The van der Waals surface area contributed by atoms with Crippen molar-refractivity contribution in [3.8, 4) is 0 Å². The van der Waals surface area contributed by atoms with Crippen LogP contribution in [0.1, 0.15) is 6.92 Å². The fraction of sp³-hybridized carbons (Fsp3) is 0.222. The SMILES string of the molecule is CC(=O)C(N=O)Sc1ccc(Cl)cc1. The molecule has 1 aromatic carbocycles. The number of hydrogen-bond acceptors (Lipinski definition) is 4. The fourth-order valence-electron chi connectivity index (χ4n) is 0.821. The molecule has 0 aromatic heterocycles. The third-order valence-corrected chi connectivity index (χ3v) is 2.94. The standard InChI is InChI=1S/C9H8ClNO2S/c1-6(12)9(11-13)14-8-4-2-7(10)3-5-8/h2-5,9H,1H3. The van der Waals surface area contributed by atoms with E-state index >= 15 is 0 Å². The summed E-state index contributed by atoms with van der Waals surface area (Å²) in [5.74, 6) is -0.250. The van der Waals surface area contributed by atoms with Gasteiger partial charge in [0.15, 0.2) is 11.2 Å². The minimum Gasteiger partial charge on any atom is -0.296 e. The Bertz CT molecular complexity index is 339. The van der Waals surface area contributed by atoms with Gasteiger partial charge in [-0.15, -0.1) is 4.91 Å². The molecular formula is C9H8ClNO2S. The third-order valence-electron chi connectivity index (χ3n) is 1.50. The van der Waals surface area contributed by atoms with Crippen molar-refractivity contribution in [3.63, 3.8) is 0 Å². The number of carbonyl (C=O) groups is 1. The van der Waals surface area contributed by atoms with Crippen molar-refractivity contribution >= 4 is 29.1 Å². The van der Waals surface area contributed by atoms with Crippen molar-refractivity contribution in [2.24, 2.45) is 5.18 Å². The monoisotopic (exact) mass is 229 g/mol. The minimum atomic E-state index is -0.865. The van der Waals surface area contributed by atoms with E-state index in [4.69, 9.17) is 11.6 Å². The van der Waals surface area contributed by atoms with Gasteiger partial charge < -0.3 is 0 Å². The molecule has 0 amide bonds. The molecule has 14 heavy (non-hydrogen) atoms. The Kier molecular flexibility index (Phi) is 4.10. The molecule has 0 saturated carbocycles. The normalized spacial score (nSPS) is 12.1. The molecule has 0 spiro atoms. The van der Waals surface area contributed by atoms with Crippen LogP contribution in [0.25, 0.3) is 0 Å². The number of nitroso groups, excluding NO2 is 1. The lowest BCUT2D eigenvalue weighted by atomic mass is 10.4. The molecule has 0 saturated heterocycles. The van der Waals surface area contributed by atoms with Crippen LogP contribution in [0, 0.1) is 4.91 Å². The number of ketones is 1. The van der Waals surface area contributed by atoms with Crippen molar-refractivity contribution < 1.29 is 4.79 Å². The van der Waals surface area contributed by atoms with Crippen LogP contribution < -0.4 is 0 Å². The molecule has 0 aliphatic carbocycles. The molecule has 5 heteroatoms. The molecule has 0 aliphatic rings. The zero-order chi connectivity index (χ0) is 10.6. The lowest BCUT2D eigenvalue weighted by Gasteiger charge is -2.04. The first-order chi connectivity index (χ1) is 6.63. The molecule has 1 rings (SSSR count). The maximum atomic E-state index is 10.9. The van der Waals surface area contributed by atoms with Crippen LogP contribution in [0.2, 0.25) is 5.02 Å². The summed E-state index contributed by atoms with van der Waals surface area (Å²) in [4.78, 5) is 22.0. The van der Waals surface area contributed by atoms with Crippen LogP contribution >= 0.6 is 23.4 Å². The summed E-state index contributed by atoms with van der Waals surface area (Å²) in [6.45, 7) is 1.34. The maximum absolute atomic E-state index is 10.9. The Morgan fingerprint density at radius 1 is 1.43 bits per heavy atom. The summed E-state index contributed by atoms with van der Waals surface area (Å²) < 4.78 is 0. The molecule has 0 bridgehead atoms. The quantitative estimate of drug-likeness (QED) is 0.589. The average molecular weight is 230 g/mol. The summed E-state index contributed by atoms with van der Waals surface area (Å²) in [6, 6.07) is 6.89. The number of nitrogens with zero attached hydrogens (tertiary/aromatic N) is 1. The summed E-state index contributed by atoms with van der Waals surface area (Å²) in [5.41, 5.74) is 0. The Morgan fingerprint density at radius 2 is 2.00 bits per heavy atom. The van der Waals surface area contributed by atoms with Gasteiger partial charge in [-0.3, -0.25) is 4.79 Å². The van der Waals surface area contributed by atoms with E-state index in [2.05, 4.69) is 5.18 Å². The summed E-state index contributed by atoms with van der Waals surface area (Å²) in [5, 5.41) is 2.49. The highest BCUT2D eigenvalue weighted by Gasteiger charge is 2.15. The van der Waals surface area contributed by atoms with Gasteiger partial charge in [-0.25, -0.2) is 0 Å². The smallest absolute Gasteiger partial charge is 0.199 e. The first-order valence-corrected chi connectivity index (χ1v) is 5.14. The molecule has 1 aromatic rings. The van der Waals surface area contributed by atoms with Crippen LogP contribution in [-0.2, 0) is 4.79 Å². The second kappa shape index (κ2) is 5.12. The van der Waals surface area contributed by atoms with Gasteiger partial charge >= 0.3 is 0 Å². The second-order valence-electron chi connectivity index (χ2n) is 2.64. The first-order valence-electron chi connectivity index (χ1n) is 3.88. The lowest BCUT2D eigenvalue weighted by Crippen LogP contribution is -2.08. The van der Waals surface area contributed by atoms with Crippen LogP contribution in [0.15, 0.2) is 34.3 Å². The van der Waals surface area contributed by atoms with Gasteiger partial charge in [0.1, 0.15) is 0 Å². The van der Waals surface area contributed by atoms with E-state index in [-0.39, 0.29) is 5.78 Å². The van der Waals surface area contributed by atoms with Gasteiger partial charge in [-0.1, -0.05) is 23.4 Å². The Hall–Kier alpha value is -0.870. The maximum Gasteiger partial charge on any atom is 0.199 e. The molecular weight excluding hydrogens is 222 g/mol. The minimum absolute atomic E-state index is 0.250. The molecule has 0 heterocycles. The van der Waals surface area contributed by atoms with Crippen LogP contribution in [-0.4, -0.2) is 11.2 Å². The van der Waals surface area contributed by atoms with Crippen LogP contribution in [0.5, 0.6) is 0 Å². The molecule has 1 atom stereocenters. The number of carbonyl (C=O) groups excluding carboxylic acids is 1. The molecule has 74 valence electrons. The van der Waals surface area contributed by atoms with E-state index in [1.165, 1.54) is 6.92 Å². The average Bonchev–Trinajstić information content (AvgIpc) is 2.16. The molecule has 0 fully saturated rings. The highest BCUT2D eigenvalue weighted by molar-refractivity contribution is 8.00. The number of thioether (sulfide) groups is 1. The number of halogens is 1. The largest absolute Gasteiger partial charge is 0.296 e. The number of rotatable bonds is 4. The van der Waals surface area contributed by atoms with Gasteiger partial charge in [0, 0.05) is 9.92 Å². The van der Waals surface area contributed by atoms with Crippen molar-refractivity contribution in [3.05, 3.63) is 34.2 Å². The van der Waals surface area contributed by atoms with Gasteiger partial charge in [-0.05, 0) is 36.4 Å². The van der Waals surface area contributed by atoms with Gasteiger partial charge in [0.2, 0.25) is 0 Å². The molecule has 0 N–H and O–H groups in total. The van der Waals surface area contributed by atoms with E-state index in [1.54, 1.807) is 24.3 Å². The van der Waals surface area contributed by atoms with E-state index in [1.807, 2.05) is 0 Å². The van der Waals surface area contributed by atoms with E-state index < -0.39 is 5.37 Å². The second-order valence-corrected chi connectivity index (χ2v) is 4.23. The Labute approximate surface area is 90.8 Å². The third kappa shape index (κ3) is 3.12. The highest BCUT2D eigenvalue weighted by Crippen LogP contribution is 2.25. The number of hydrogen-bond donors (Lipinski definition) is 0. The topological polar surface area (TPSA) is 46.5 Å². The zero-order valence-electron chi connectivity index (χ0n) is 7.44. The number of benzene rings is 1. The predicted octanol–water partition coefficient (Wildman–Crippen LogP) is 3.11. The lowest BCUT2D eigenvalue weighted by molar-refractivity contribution is -0.116. The Balaban J connectivity index is 2.72. The molecule has 0 aliphatic heterocycles. The number of Topliss-reactive ketones (excluding diaryl/α,β-unsaturated/α-hetero) is 1. The van der Waals surface area contributed by atoms with Gasteiger partial charge in [0.05, 0.1) is 0 Å². The van der Waals surface area contributed by atoms with Crippen molar-refractivity contribution in [1.82, 2.24) is 0 Å². The van der Waals surface area contributed by atoms with Crippen LogP contribution in [0.4, 0.5) is 0 Å². The zero-order valence-corrected chi connectivity index (χ0v) is 9.01. The molecule has 0 radical (unpaired) electrons. The summed E-state index contributed by atoms with van der Waals surface area (Å²) in [6.07, 6.45) is 0. The van der Waals surface area contributed by atoms with Crippen molar-refractivity contribution in [1.29, 1.82) is 0 Å². The molecule has 1 unspecified atom stereocenters. The van der Waals surface area contributed by atoms with E-state index in [0.29, 0.717) is 5.02 Å². The predicted molar refractivity (Wildman–Crippen MR) is 57.6 cm³/mol. The Morgan fingerprint density at radius 3 is 2.43 bits per heavy atom. The van der Waals surface area contributed by atoms with E-state index in [9.17, 15) is 9.70 Å². The van der Waals surface area contributed by atoms with Gasteiger partial charge in [-0.2, -0.15) is 0 Å². The first kappa shape index (κ1) is 11.2.